The zero-order valence-electron chi connectivity index (χ0n) is 9.88. The molecule has 0 heterocycles. The molecular formula is C13H18N2OS. The molecule has 1 aromatic carbocycles. The molecule has 0 aliphatic heterocycles. The fraction of sp³-hybridized carbons (Fsp3) is 0.462. The van der Waals surface area contributed by atoms with Crippen LogP contribution >= 0.6 is 12.6 Å². The summed E-state index contributed by atoms with van der Waals surface area (Å²) >= 11 is 4.09. The van der Waals surface area contributed by atoms with Crippen LogP contribution in [0.2, 0.25) is 0 Å². The van der Waals surface area contributed by atoms with Gasteiger partial charge in [0, 0.05) is 24.5 Å². The SMILES string of the molecule is N#CCCN(CCOCCS)c1ccccc1. The molecule has 0 aliphatic carbocycles. The van der Waals surface area contributed by atoms with E-state index in [1.807, 2.05) is 18.2 Å². The highest BCUT2D eigenvalue weighted by Gasteiger charge is 2.05. The summed E-state index contributed by atoms with van der Waals surface area (Å²) in [6.45, 7) is 2.88. The first-order valence-corrected chi connectivity index (χ1v) is 6.37. The van der Waals surface area contributed by atoms with E-state index in [-0.39, 0.29) is 0 Å². The molecule has 0 aliphatic rings. The number of nitriles is 1. The van der Waals surface area contributed by atoms with Gasteiger partial charge in [0.05, 0.1) is 25.7 Å². The Hall–Kier alpha value is -1.18. The standard InChI is InChI=1S/C13H18N2OS/c14-7-4-8-15(9-10-16-11-12-17)13-5-2-1-3-6-13/h1-3,5-6,17H,4,8-12H2. The summed E-state index contributed by atoms with van der Waals surface area (Å²) in [5.41, 5.74) is 1.14. The first kappa shape index (κ1) is 13.9. The van der Waals surface area contributed by atoms with Crippen LogP contribution in [0.25, 0.3) is 0 Å². The second-order valence-electron chi connectivity index (χ2n) is 3.57. The van der Waals surface area contributed by atoms with Crippen molar-refractivity contribution in [3.05, 3.63) is 30.3 Å². The van der Waals surface area contributed by atoms with Gasteiger partial charge in [0.25, 0.3) is 0 Å². The third kappa shape index (κ3) is 5.62. The van der Waals surface area contributed by atoms with Crippen LogP contribution in [-0.2, 0) is 4.74 Å². The number of hydrogen-bond donors (Lipinski definition) is 1. The van der Waals surface area contributed by atoms with Crippen LogP contribution in [0, 0.1) is 11.3 Å². The summed E-state index contributed by atoms with van der Waals surface area (Å²) in [6.07, 6.45) is 0.529. The lowest BCUT2D eigenvalue weighted by molar-refractivity contribution is 0.156. The van der Waals surface area contributed by atoms with E-state index in [1.165, 1.54) is 0 Å². The molecule has 1 rings (SSSR count). The molecule has 0 fully saturated rings. The first-order chi connectivity index (χ1) is 8.38. The molecule has 0 atom stereocenters. The monoisotopic (exact) mass is 250 g/mol. The average Bonchev–Trinajstić information content (AvgIpc) is 2.39. The van der Waals surface area contributed by atoms with Gasteiger partial charge in [-0.2, -0.15) is 17.9 Å². The van der Waals surface area contributed by atoms with Gasteiger partial charge >= 0.3 is 0 Å². The molecule has 0 bridgehead atoms. The van der Waals surface area contributed by atoms with Gasteiger partial charge in [0.2, 0.25) is 0 Å². The summed E-state index contributed by atoms with van der Waals surface area (Å²) < 4.78 is 5.41. The van der Waals surface area contributed by atoms with Crippen molar-refractivity contribution in [1.82, 2.24) is 0 Å². The summed E-state index contributed by atoms with van der Waals surface area (Å²) in [4.78, 5) is 2.17. The van der Waals surface area contributed by atoms with Crippen molar-refractivity contribution in [2.75, 3.05) is 37.0 Å². The Balaban J connectivity index is 2.46. The van der Waals surface area contributed by atoms with Crippen LogP contribution in [0.15, 0.2) is 30.3 Å². The zero-order valence-corrected chi connectivity index (χ0v) is 10.8. The predicted octanol–water partition coefficient (Wildman–Crippen LogP) is 2.35. The summed E-state index contributed by atoms with van der Waals surface area (Å²) in [7, 11) is 0. The number of rotatable bonds is 8. The summed E-state index contributed by atoms with van der Waals surface area (Å²) in [6, 6.07) is 12.3. The van der Waals surface area contributed by atoms with E-state index < -0.39 is 0 Å². The van der Waals surface area contributed by atoms with Gasteiger partial charge in [-0.05, 0) is 12.1 Å². The van der Waals surface area contributed by atoms with Crippen LogP contribution in [0.3, 0.4) is 0 Å². The Morgan fingerprint density at radius 3 is 2.59 bits per heavy atom. The maximum absolute atomic E-state index is 8.65. The van der Waals surface area contributed by atoms with Crippen molar-refractivity contribution in [2.24, 2.45) is 0 Å². The number of nitrogens with zero attached hydrogens (tertiary/aromatic N) is 2. The molecule has 4 heteroatoms. The van der Waals surface area contributed by atoms with Crippen molar-refractivity contribution in [3.8, 4) is 6.07 Å². The molecule has 17 heavy (non-hydrogen) atoms. The van der Waals surface area contributed by atoms with E-state index in [0.717, 1.165) is 24.5 Å². The normalized spacial score (nSPS) is 9.88. The maximum Gasteiger partial charge on any atom is 0.0642 e. The largest absolute Gasteiger partial charge is 0.379 e. The Morgan fingerprint density at radius 1 is 1.18 bits per heavy atom. The van der Waals surface area contributed by atoms with Crippen LogP contribution < -0.4 is 4.90 Å². The number of para-hydroxylation sites is 1. The molecule has 0 saturated heterocycles. The fourth-order valence-electron chi connectivity index (χ4n) is 1.54. The van der Waals surface area contributed by atoms with Gasteiger partial charge < -0.3 is 9.64 Å². The minimum Gasteiger partial charge on any atom is -0.379 e. The Kier molecular flexibility index (Phi) is 7.28. The van der Waals surface area contributed by atoms with Crippen LogP contribution in [-0.4, -0.2) is 32.1 Å². The van der Waals surface area contributed by atoms with Crippen molar-refractivity contribution < 1.29 is 4.74 Å². The molecule has 0 spiro atoms. The summed E-state index contributed by atoms with van der Waals surface area (Å²) in [5, 5.41) is 8.65. The van der Waals surface area contributed by atoms with Crippen LogP contribution in [0.5, 0.6) is 0 Å². The third-order valence-electron chi connectivity index (χ3n) is 2.36. The van der Waals surface area contributed by atoms with Crippen molar-refractivity contribution in [3.63, 3.8) is 0 Å². The van der Waals surface area contributed by atoms with Crippen molar-refractivity contribution in [1.29, 1.82) is 5.26 Å². The molecule has 3 nitrogen and oxygen atoms in total. The van der Waals surface area contributed by atoms with Crippen molar-refractivity contribution >= 4 is 18.3 Å². The number of ether oxygens (including phenoxy) is 1. The van der Waals surface area contributed by atoms with E-state index in [9.17, 15) is 0 Å². The first-order valence-electron chi connectivity index (χ1n) is 5.74. The lowest BCUT2D eigenvalue weighted by atomic mass is 10.2. The lowest BCUT2D eigenvalue weighted by Gasteiger charge is -2.23. The second-order valence-corrected chi connectivity index (χ2v) is 4.01. The van der Waals surface area contributed by atoms with Crippen LogP contribution in [0.4, 0.5) is 5.69 Å². The highest BCUT2D eigenvalue weighted by Crippen LogP contribution is 2.12. The molecule has 1 aromatic rings. The Bertz CT molecular complexity index is 337. The van der Waals surface area contributed by atoms with Gasteiger partial charge in [0.15, 0.2) is 0 Å². The van der Waals surface area contributed by atoms with Gasteiger partial charge in [-0.1, -0.05) is 18.2 Å². The summed E-state index contributed by atoms with van der Waals surface area (Å²) in [5.74, 6) is 0.740. The van der Waals surface area contributed by atoms with E-state index >= 15 is 0 Å². The number of anilines is 1. The number of benzene rings is 1. The molecule has 0 radical (unpaired) electrons. The topological polar surface area (TPSA) is 36.3 Å². The molecule has 92 valence electrons. The minimum atomic E-state index is 0.529. The quantitative estimate of drug-likeness (QED) is 0.568. The number of thiol groups is 1. The number of hydrogen-bond acceptors (Lipinski definition) is 4. The van der Waals surface area contributed by atoms with Gasteiger partial charge in [-0.3, -0.25) is 0 Å². The van der Waals surface area contributed by atoms with Gasteiger partial charge in [-0.25, -0.2) is 0 Å². The Morgan fingerprint density at radius 2 is 1.94 bits per heavy atom. The highest BCUT2D eigenvalue weighted by molar-refractivity contribution is 7.80. The van der Waals surface area contributed by atoms with Gasteiger partial charge in [-0.15, -0.1) is 0 Å². The van der Waals surface area contributed by atoms with E-state index in [4.69, 9.17) is 10.00 Å². The Labute approximate surface area is 108 Å². The highest BCUT2D eigenvalue weighted by atomic mass is 32.1. The smallest absolute Gasteiger partial charge is 0.0642 e. The van der Waals surface area contributed by atoms with Gasteiger partial charge in [0.1, 0.15) is 0 Å². The fourth-order valence-corrected chi connectivity index (χ4v) is 1.66. The molecule has 0 N–H and O–H groups in total. The third-order valence-corrected chi connectivity index (χ3v) is 2.54. The molecule has 0 aromatic heterocycles. The minimum absolute atomic E-state index is 0.529. The lowest BCUT2D eigenvalue weighted by Crippen LogP contribution is -2.28. The molecule has 0 unspecified atom stereocenters. The van der Waals surface area contributed by atoms with Crippen molar-refractivity contribution in [2.45, 2.75) is 6.42 Å². The second kappa shape index (κ2) is 8.91. The van der Waals surface area contributed by atoms with E-state index in [0.29, 0.717) is 19.6 Å². The molecule has 0 saturated carbocycles. The van der Waals surface area contributed by atoms with E-state index in [1.54, 1.807) is 0 Å². The van der Waals surface area contributed by atoms with E-state index in [2.05, 4.69) is 35.7 Å². The average molecular weight is 250 g/mol. The molecular weight excluding hydrogens is 232 g/mol. The maximum atomic E-state index is 8.65. The molecule has 0 amide bonds. The van der Waals surface area contributed by atoms with Crippen LogP contribution in [0.1, 0.15) is 6.42 Å². The predicted molar refractivity (Wildman–Crippen MR) is 73.6 cm³/mol. The zero-order chi connectivity index (χ0) is 12.3.